The summed E-state index contributed by atoms with van der Waals surface area (Å²) in [5.74, 6) is 0.808. The second kappa shape index (κ2) is 6.52. The first kappa shape index (κ1) is 14.5. The van der Waals surface area contributed by atoms with Crippen molar-refractivity contribution in [2.75, 3.05) is 7.11 Å². The van der Waals surface area contributed by atoms with Crippen molar-refractivity contribution in [2.24, 2.45) is 5.73 Å². The molecule has 0 saturated heterocycles. The molecule has 0 aliphatic heterocycles. The summed E-state index contributed by atoms with van der Waals surface area (Å²) in [5.41, 5.74) is 7.03. The van der Waals surface area contributed by atoms with Crippen molar-refractivity contribution in [1.29, 1.82) is 0 Å². The number of unbranched alkanes of at least 4 members (excludes halogenated alkanes) is 1. The van der Waals surface area contributed by atoms with Crippen molar-refractivity contribution < 1.29 is 9.13 Å². The van der Waals surface area contributed by atoms with Crippen molar-refractivity contribution in [3.05, 3.63) is 36.0 Å². The number of aromatic nitrogens is 2. The predicted molar refractivity (Wildman–Crippen MR) is 77.0 cm³/mol. The van der Waals surface area contributed by atoms with E-state index in [1.165, 1.54) is 13.2 Å². The van der Waals surface area contributed by atoms with Gasteiger partial charge in [0.15, 0.2) is 0 Å². The minimum atomic E-state index is -0.346. The Hall–Kier alpha value is -1.88. The molecule has 20 heavy (non-hydrogen) atoms. The molecule has 2 aromatic rings. The molecule has 2 rings (SSSR count). The van der Waals surface area contributed by atoms with Crippen LogP contribution in [-0.2, 0) is 0 Å². The molecule has 0 radical (unpaired) electrons. The fraction of sp³-hybridized carbons (Fsp3) is 0.400. The lowest BCUT2D eigenvalue weighted by Gasteiger charge is -2.09. The third kappa shape index (κ3) is 2.99. The second-order valence-electron chi connectivity index (χ2n) is 4.75. The highest BCUT2D eigenvalue weighted by Gasteiger charge is 2.16. The van der Waals surface area contributed by atoms with E-state index in [1.807, 2.05) is 0 Å². The van der Waals surface area contributed by atoms with Gasteiger partial charge < -0.3 is 15.5 Å². The number of halogens is 1. The smallest absolute Gasteiger partial charge is 0.136 e. The Bertz CT molecular complexity index is 568. The Labute approximate surface area is 118 Å². The highest BCUT2D eigenvalue weighted by atomic mass is 19.1. The van der Waals surface area contributed by atoms with Gasteiger partial charge in [-0.3, -0.25) is 0 Å². The normalized spacial score (nSPS) is 12.4. The molecule has 1 aromatic heterocycles. The molecule has 5 heteroatoms. The van der Waals surface area contributed by atoms with Gasteiger partial charge >= 0.3 is 0 Å². The Morgan fingerprint density at radius 3 is 2.95 bits per heavy atom. The van der Waals surface area contributed by atoms with Crippen molar-refractivity contribution in [2.45, 2.75) is 32.2 Å². The standard InChI is InChI=1S/C15H20FN3O/c1-3-4-7-11(17)15-18-9-12(19-15)14-10(16)6-5-8-13(14)20-2/h5-6,8-9,11H,3-4,7,17H2,1-2H3,(H,18,19). The number of nitrogens with one attached hydrogen (secondary N) is 1. The van der Waals surface area contributed by atoms with Gasteiger partial charge in [0, 0.05) is 0 Å². The van der Waals surface area contributed by atoms with E-state index in [0.29, 0.717) is 22.8 Å². The monoisotopic (exact) mass is 277 g/mol. The van der Waals surface area contributed by atoms with Gasteiger partial charge in [-0.25, -0.2) is 9.37 Å². The lowest BCUT2D eigenvalue weighted by molar-refractivity contribution is 0.413. The fourth-order valence-corrected chi connectivity index (χ4v) is 2.15. The van der Waals surface area contributed by atoms with Crippen molar-refractivity contribution >= 4 is 0 Å². The average molecular weight is 277 g/mol. The van der Waals surface area contributed by atoms with Crippen LogP contribution in [0.5, 0.6) is 5.75 Å². The van der Waals surface area contributed by atoms with E-state index < -0.39 is 0 Å². The molecule has 0 saturated carbocycles. The topological polar surface area (TPSA) is 63.9 Å². The molecule has 1 aromatic carbocycles. The molecule has 0 aliphatic carbocycles. The SMILES string of the molecule is CCCCC(N)c1ncc(-c2c(F)cccc2OC)[nH]1. The van der Waals surface area contributed by atoms with Crippen molar-refractivity contribution in [1.82, 2.24) is 9.97 Å². The zero-order valence-electron chi connectivity index (χ0n) is 11.8. The van der Waals surface area contributed by atoms with E-state index >= 15 is 0 Å². The van der Waals surface area contributed by atoms with Gasteiger partial charge in [-0.1, -0.05) is 25.8 Å². The molecule has 0 spiro atoms. The number of benzene rings is 1. The summed E-state index contributed by atoms with van der Waals surface area (Å²) in [4.78, 5) is 7.36. The molecule has 0 bridgehead atoms. The van der Waals surface area contributed by atoms with Crippen LogP contribution >= 0.6 is 0 Å². The second-order valence-corrected chi connectivity index (χ2v) is 4.75. The predicted octanol–water partition coefficient (Wildman–Crippen LogP) is 3.41. The van der Waals surface area contributed by atoms with E-state index in [-0.39, 0.29) is 11.9 Å². The Morgan fingerprint density at radius 2 is 2.25 bits per heavy atom. The zero-order chi connectivity index (χ0) is 14.5. The maximum Gasteiger partial charge on any atom is 0.136 e. The van der Waals surface area contributed by atoms with E-state index in [2.05, 4.69) is 16.9 Å². The molecular weight excluding hydrogens is 257 g/mol. The summed E-state index contributed by atoms with van der Waals surface area (Å²) in [6.45, 7) is 2.12. The number of methoxy groups -OCH3 is 1. The molecule has 0 fully saturated rings. The molecule has 1 atom stereocenters. The quantitative estimate of drug-likeness (QED) is 0.850. The number of rotatable bonds is 6. The van der Waals surface area contributed by atoms with Gasteiger partial charge in [0.2, 0.25) is 0 Å². The zero-order valence-corrected chi connectivity index (χ0v) is 11.8. The van der Waals surface area contributed by atoms with Crippen molar-refractivity contribution in [3.8, 4) is 17.0 Å². The van der Waals surface area contributed by atoms with Crippen LogP contribution in [0, 0.1) is 5.82 Å². The summed E-state index contributed by atoms with van der Waals surface area (Å²) in [5, 5.41) is 0. The maximum absolute atomic E-state index is 14.0. The van der Waals surface area contributed by atoms with E-state index in [0.717, 1.165) is 19.3 Å². The Balaban J connectivity index is 2.29. The third-order valence-corrected chi connectivity index (χ3v) is 3.28. The van der Waals surface area contributed by atoms with Crippen LogP contribution in [0.25, 0.3) is 11.3 Å². The molecule has 108 valence electrons. The number of hydrogen-bond donors (Lipinski definition) is 2. The van der Waals surface area contributed by atoms with Crippen LogP contribution in [0.4, 0.5) is 4.39 Å². The first-order valence-corrected chi connectivity index (χ1v) is 6.80. The largest absolute Gasteiger partial charge is 0.496 e. The molecule has 3 N–H and O–H groups in total. The van der Waals surface area contributed by atoms with Gasteiger partial charge in [-0.15, -0.1) is 0 Å². The number of aromatic amines is 1. The van der Waals surface area contributed by atoms with Crippen LogP contribution in [0.2, 0.25) is 0 Å². The summed E-state index contributed by atoms with van der Waals surface area (Å²) in [6.07, 6.45) is 4.59. The number of nitrogens with two attached hydrogens (primary N) is 1. The molecule has 0 aliphatic rings. The number of imidazole rings is 1. The molecule has 1 heterocycles. The van der Waals surface area contributed by atoms with Gasteiger partial charge in [0.25, 0.3) is 0 Å². The Morgan fingerprint density at radius 1 is 1.45 bits per heavy atom. The van der Waals surface area contributed by atoms with Crippen LogP contribution in [0.3, 0.4) is 0 Å². The summed E-state index contributed by atoms with van der Waals surface area (Å²) in [6, 6.07) is 4.58. The fourth-order valence-electron chi connectivity index (χ4n) is 2.15. The lowest BCUT2D eigenvalue weighted by atomic mass is 10.1. The minimum absolute atomic E-state index is 0.151. The van der Waals surface area contributed by atoms with E-state index in [4.69, 9.17) is 10.5 Å². The third-order valence-electron chi connectivity index (χ3n) is 3.28. The van der Waals surface area contributed by atoms with E-state index in [9.17, 15) is 4.39 Å². The molecular formula is C15H20FN3O. The number of ether oxygens (including phenoxy) is 1. The maximum atomic E-state index is 14.0. The lowest BCUT2D eigenvalue weighted by Crippen LogP contribution is -2.11. The van der Waals surface area contributed by atoms with Gasteiger partial charge in [0.1, 0.15) is 17.4 Å². The Kier molecular flexibility index (Phi) is 4.74. The minimum Gasteiger partial charge on any atom is -0.496 e. The average Bonchev–Trinajstić information content (AvgIpc) is 2.93. The number of hydrogen-bond acceptors (Lipinski definition) is 3. The van der Waals surface area contributed by atoms with Gasteiger partial charge in [-0.05, 0) is 18.6 Å². The van der Waals surface area contributed by atoms with E-state index in [1.54, 1.807) is 18.3 Å². The van der Waals surface area contributed by atoms with Crippen LogP contribution in [0.1, 0.15) is 38.1 Å². The molecule has 4 nitrogen and oxygen atoms in total. The molecule has 0 amide bonds. The highest BCUT2D eigenvalue weighted by molar-refractivity contribution is 5.67. The molecule has 1 unspecified atom stereocenters. The van der Waals surface area contributed by atoms with Crippen LogP contribution in [-0.4, -0.2) is 17.1 Å². The van der Waals surface area contributed by atoms with Crippen molar-refractivity contribution in [3.63, 3.8) is 0 Å². The number of nitrogens with zero attached hydrogens (tertiary/aromatic N) is 1. The van der Waals surface area contributed by atoms with Gasteiger partial charge in [-0.2, -0.15) is 0 Å². The van der Waals surface area contributed by atoms with Gasteiger partial charge in [0.05, 0.1) is 30.6 Å². The first-order valence-electron chi connectivity index (χ1n) is 6.80. The van der Waals surface area contributed by atoms with Crippen LogP contribution < -0.4 is 10.5 Å². The summed E-state index contributed by atoms with van der Waals surface area (Å²) in [7, 11) is 1.52. The summed E-state index contributed by atoms with van der Waals surface area (Å²) < 4.78 is 19.2. The first-order chi connectivity index (χ1) is 9.67. The summed E-state index contributed by atoms with van der Waals surface area (Å²) >= 11 is 0. The highest BCUT2D eigenvalue weighted by Crippen LogP contribution is 2.31. The number of H-pyrrole nitrogens is 1. The van der Waals surface area contributed by atoms with Crippen LogP contribution in [0.15, 0.2) is 24.4 Å².